The van der Waals surface area contributed by atoms with E-state index in [1.54, 1.807) is 17.4 Å². The van der Waals surface area contributed by atoms with Crippen molar-refractivity contribution in [3.8, 4) is 0 Å². The molecule has 0 saturated carbocycles. The number of aryl methyl sites for hydroxylation is 1. The lowest BCUT2D eigenvalue weighted by atomic mass is 10.0. The van der Waals surface area contributed by atoms with E-state index in [0.717, 1.165) is 38.4 Å². The molecule has 1 fully saturated rings. The average molecular weight is 321 g/mol. The average Bonchev–Trinajstić information content (AvgIpc) is 2.55. The molecule has 6 heteroatoms. The fourth-order valence-electron chi connectivity index (χ4n) is 2.72. The van der Waals surface area contributed by atoms with Crippen molar-refractivity contribution in [2.45, 2.75) is 19.4 Å². The van der Waals surface area contributed by atoms with E-state index in [4.69, 9.17) is 4.74 Å². The van der Waals surface area contributed by atoms with Gasteiger partial charge < -0.3 is 24.9 Å². The molecule has 23 heavy (non-hydrogen) atoms. The van der Waals surface area contributed by atoms with Crippen molar-refractivity contribution in [2.75, 3.05) is 39.4 Å². The van der Waals surface area contributed by atoms with Crippen LogP contribution >= 0.6 is 0 Å². The standard InChI is InChI=1S/C17H24N2O4/c1-13-2-4-14(5-3-13)16(20)12-15(17(21)22)18-6-7-19-8-10-23-11-9-19/h2-5,15,18H,6-12H2,1H3,(H,21,22)/p+1/t15-/m0/s1. The maximum absolute atomic E-state index is 12.2. The van der Waals surface area contributed by atoms with Crippen LogP contribution in [-0.2, 0) is 9.53 Å². The van der Waals surface area contributed by atoms with Crippen LogP contribution in [0.1, 0.15) is 22.3 Å². The number of morpholine rings is 1. The highest BCUT2D eigenvalue weighted by Crippen LogP contribution is 2.06. The van der Waals surface area contributed by atoms with Gasteiger partial charge in [0, 0.05) is 5.56 Å². The Balaban J connectivity index is 1.81. The predicted octanol–water partition coefficient (Wildman–Crippen LogP) is -2.84. The molecule has 0 amide bonds. The molecule has 2 rings (SSSR count). The number of ether oxygens (including phenoxy) is 1. The van der Waals surface area contributed by atoms with Gasteiger partial charge in [0.05, 0.1) is 25.6 Å². The van der Waals surface area contributed by atoms with E-state index in [0.29, 0.717) is 12.1 Å². The molecular formula is C17H25N2O4+. The minimum Gasteiger partial charge on any atom is -0.544 e. The number of carboxylic acids is 1. The molecule has 1 saturated heterocycles. The molecular weight excluding hydrogens is 296 g/mol. The number of carbonyl (C=O) groups is 2. The van der Waals surface area contributed by atoms with E-state index in [-0.39, 0.29) is 12.2 Å². The van der Waals surface area contributed by atoms with Gasteiger partial charge in [-0.3, -0.25) is 4.79 Å². The van der Waals surface area contributed by atoms with E-state index in [2.05, 4.69) is 0 Å². The molecule has 1 aromatic rings. The summed E-state index contributed by atoms with van der Waals surface area (Å²) in [5.74, 6) is -1.34. The highest BCUT2D eigenvalue weighted by atomic mass is 16.5. The van der Waals surface area contributed by atoms with Crippen LogP contribution in [0.25, 0.3) is 0 Å². The molecule has 1 aliphatic rings. The molecule has 0 aliphatic carbocycles. The van der Waals surface area contributed by atoms with Gasteiger partial charge in [0.15, 0.2) is 5.78 Å². The smallest absolute Gasteiger partial charge is 0.169 e. The number of ketones is 1. The van der Waals surface area contributed by atoms with Crippen molar-refractivity contribution in [3.63, 3.8) is 0 Å². The number of hydrogen-bond donors (Lipinski definition) is 2. The Morgan fingerprint density at radius 3 is 2.52 bits per heavy atom. The van der Waals surface area contributed by atoms with E-state index in [9.17, 15) is 14.7 Å². The molecule has 126 valence electrons. The fraction of sp³-hybridized carbons (Fsp3) is 0.529. The number of carbonyl (C=O) groups excluding carboxylic acids is 2. The lowest BCUT2D eigenvalue weighted by molar-refractivity contribution is -0.920. The molecule has 1 atom stereocenters. The van der Waals surface area contributed by atoms with Crippen molar-refractivity contribution >= 4 is 11.8 Å². The molecule has 1 aliphatic heterocycles. The van der Waals surface area contributed by atoms with Crippen molar-refractivity contribution in [1.82, 2.24) is 0 Å². The molecule has 1 heterocycles. The van der Waals surface area contributed by atoms with Gasteiger partial charge in [0.1, 0.15) is 32.2 Å². The SMILES string of the molecule is Cc1ccc(C(=O)C[C@H]([NH2+]CC[NH+]2CCOCC2)C(=O)[O-])cc1. The first kappa shape index (κ1) is 17.6. The van der Waals surface area contributed by atoms with Crippen LogP contribution in [0.4, 0.5) is 0 Å². The Morgan fingerprint density at radius 1 is 1.26 bits per heavy atom. The van der Waals surface area contributed by atoms with E-state index in [1.165, 1.54) is 4.90 Å². The summed E-state index contributed by atoms with van der Waals surface area (Å²) in [4.78, 5) is 24.9. The Labute approximate surface area is 136 Å². The fourth-order valence-corrected chi connectivity index (χ4v) is 2.72. The molecule has 0 unspecified atom stereocenters. The van der Waals surface area contributed by atoms with Crippen LogP contribution in [0.3, 0.4) is 0 Å². The second-order valence-electron chi connectivity index (χ2n) is 6.06. The van der Waals surface area contributed by atoms with Crippen LogP contribution in [0.2, 0.25) is 0 Å². The second kappa shape index (κ2) is 8.76. The van der Waals surface area contributed by atoms with Crippen LogP contribution in [-0.4, -0.2) is 57.2 Å². The monoisotopic (exact) mass is 321 g/mol. The lowest BCUT2D eigenvalue weighted by Crippen LogP contribution is -3.16. The first-order valence-electron chi connectivity index (χ1n) is 8.11. The van der Waals surface area contributed by atoms with E-state index < -0.39 is 12.0 Å². The summed E-state index contributed by atoms with van der Waals surface area (Å²) in [7, 11) is 0. The van der Waals surface area contributed by atoms with Crippen molar-refractivity contribution < 1.29 is 29.6 Å². The number of benzene rings is 1. The van der Waals surface area contributed by atoms with Gasteiger partial charge in [-0.05, 0) is 6.92 Å². The maximum Gasteiger partial charge on any atom is 0.169 e. The minimum absolute atomic E-state index is 0.0379. The molecule has 0 radical (unpaired) electrons. The van der Waals surface area contributed by atoms with Crippen molar-refractivity contribution in [2.24, 2.45) is 0 Å². The highest BCUT2D eigenvalue weighted by molar-refractivity contribution is 5.98. The number of hydrogen-bond acceptors (Lipinski definition) is 4. The third-order valence-electron chi connectivity index (χ3n) is 4.23. The van der Waals surface area contributed by atoms with Crippen LogP contribution in [0.15, 0.2) is 24.3 Å². The number of aliphatic carboxylic acids is 1. The number of nitrogens with one attached hydrogen (secondary N) is 1. The van der Waals surface area contributed by atoms with Gasteiger partial charge in [-0.15, -0.1) is 0 Å². The number of quaternary nitrogens is 2. The van der Waals surface area contributed by atoms with Crippen LogP contribution in [0, 0.1) is 6.92 Å². The van der Waals surface area contributed by atoms with E-state index >= 15 is 0 Å². The van der Waals surface area contributed by atoms with Gasteiger partial charge in [-0.25, -0.2) is 0 Å². The summed E-state index contributed by atoms with van der Waals surface area (Å²) in [6.45, 7) is 6.88. The quantitative estimate of drug-likeness (QED) is 0.505. The zero-order chi connectivity index (χ0) is 16.7. The summed E-state index contributed by atoms with van der Waals surface area (Å²) in [6.07, 6.45) is -0.0379. The molecule has 0 bridgehead atoms. The first-order valence-corrected chi connectivity index (χ1v) is 8.11. The molecule has 0 aromatic heterocycles. The van der Waals surface area contributed by atoms with Gasteiger partial charge >= 0.3 is 0 Å². The second-order valence-corrected chi connectivity index (χ2v) is 6.06. The van der Waals surface area contributed by atoms with Gasteiger partial charge in [0.2, 0.25) is 0 Å². The largest absolute Gasteiger partial charge is 0.544 e. The van der Waals surface area contributed by atoms with Crippen LogP contribution < -0.4 is 15.3 Å². The third kappa shape index (κ3) is 5.74. The molecule has 6 nitrogen and oxygen atoms in total. The summed E-state index contributed by atoms with van der Waals surface area (Å²) in [5.41, 5.74) is 1.62. The molecule has 3 N–H and O–H groups in total. The number of Topliss-reactive ketones (excluding diaryl/α,β-unsaturated/α-hetero) is 1. The Bertz CT molecular complexity index is 524. The maximum atomic E-state index is 12.2. The third-order valence-corrected chi connectivity index (χ3v) is 4.23. The number of rotatable bonds is 8. The zero-order valence-corrected chi connectivity index (χ0v) is 13.5. The summed E-state index contributed by atoms with van der Waals surface area (Å²) in [5, 5.41) is 13.0. The van der Waals surface area contributed by atoms with Gasteiger partial charge in [-0.2, -0.15) is 0 Å². The number of nitrogens with two attached hydrogens (primary N) is 1. The van der Waals surface area contributed by atoms with Crippen molar-refractivity contribution in [1.29, 1.82) is 0 Å². The predicted molar refractivity (Wildman–Crippen MR) is 82.1 cm³/mol. The summed E-state index contributed by atoms with van der Waals surface area (Å²) >= 11 is 0. The lowest BCUT2D eigenvalue weighted by Gasteiger charge is -2.24. The Kier molecular flexibility index (Phi) is 6.70. The van der Waals surface area contributed by atoms with Crippen LogP contribution in [0.5, 0.6) is 0 Å². The minimum atomic E-state index is -1.18. The van der Waals surface area contributed by atoms with Gasteiger partial charge in [-0.1, -0.05) is 29.8 Å². The Morgan fingerprint density at radius 2 is 1.91 bits per heavy atom. The zero-order valence-electron chi connectivity index (χ0n) is 13.5. The van der Waals surface area contributed by atoms with Gasteiger partial charge in [0.25, 0.3) is 0 Å². The highest BCUT2D eigenvalue weighted by Gasteiger charge is 2.21. The normalized spacial score (nSPS) is 16.9. The Hall–Kier alpha value is -1.76. The summed E-state index contributed by atoms with van der Waals surface area (Å²) in [6, 6.07) is 6.35. The molecule has 1 aromatic carbocycles. The first-order chi connectivity index (χ1) is 11.1. The molecule has 0 spiro atoms. The topological polar surface area (TPSA) is 87.5 Å². The van der Waals surface area contributed by atoms with Crippen molar-refractivity contribution in [3.05, 3.63) is 35.4 Å². The summed E-state index contributed by atoms with van der Waals surface area (Å²) < 4.78 is 5.30. The van der Waals surface area contributed by atoms with E-state index in [1.807, 2.05) is 19.1 Å². The number of carboxylic acid groups (broad SMARTS) is 1.